The number of nitrogens with one attached hydrogen (secondary N) is 3. The number of amides is 1. The van der Waals surface area contributed by atoms with Crippen LogP contribution in [0.15, 0.2) is 30.3 Å². The third-order valence-corrected chi connectivity index (χ3v) is 2.75. The molecule has 0 unspecified atom stereocenters. The van der Waals surface area contributed by atoms with Crippen molar-refractivity contribution in [3.8, 4) is 0 Å². The number of amidine groups is 1. The van der Waals surface area contributed by atoms with E-state index in [-0.39, 0.29) is 5.91 Å². The van der Waals surface area contributed by atoms with Crippen LogP contribution in [0.4, 0.5) is 0 Å². The SMILES string of the molecule is CCCNCCC(=O)NC(=N)CCc1ccccc1. The van der Waals surface area contributed by atoms with Crippen molar-refractivity contribution in [2.24, 2.45) is 0 Å². The molecular weight excluding hydrogens is 238 g/mol. The third-order valence-electron chi connectivity index (χ3n) is 2.75. The molecule has 0 fully saturated rings. The van der Waals surface area contributed by atoms with Gasteiger partial charge in [0, 0.05) is 19.4 Å². The van der Waals surface area contributed by atoms with E-state index in [4.69, 9.17) is 5.41 Å². The lowest BCUT2D eigenvalue weighted by Crippen LogP contribution is -2.32. The third kappa shape index (κ3) is 7.36. The molecule has 0 aliphatic rings. The van der Waals surface area contributed by atoms with Crippen LogP contribution in [0, 0.1) is 5.41 Å². The second-order valence-corrected chi connectivity index (χ2v) is 4.51. The van der Waals surface area contributed by atoms with Crippen LogP contribution in [0.3, 0.4) is 0 Å². The maximum atomic E-state index is 11.5. The van der Waals surface area contributed by atoms with E-state index in [2.05, 4.69) is 17.6 Å². The van der Waals surface area contributed by atoms with Crippen molar-refractivity contribution in [3.05, 3.63) is 35.9 Å². The zero-order valence-electron chi connectivity index (χ0n) is 11.5. The molecule has 0 saturated carbocycles. The topological polar surface area (TPSA) is 65.0 Å². The number of carbonyl (C=O) groups excluding carboxylic acids is 1. The highest BCUT2D eigenvalue weighted by atomic mass is 16.1. The minimum atomic E-state index is -0.0818. The first-order valence-electron chi connectivity index (χ1n) is 6.84. The molecule has 0 aliphatic carbocycles. The van der Waals surface area contributed by atoms with Gasteiger partial charge in [-0.15, -0.1) is 0 Å². The van der Waals surface area contributed by atoms with Crippen LogP contribution >= 0.6 is 0 Å². The lowest BCUT2D eigenvalue weighted by molar-refractivity contribution is -0.119. The van der Waals surface area contributed by atoms with E-state index in [1.165, 1.54) is 5.56 Å². The molecule has 1 aromatic carbocycles. The van der Waals surface area contributed by atoms with Gasteiger partial charge in [0.25, 0.3) is 0 Å². The first-order chi connectivity index (χ1) is 9.22. The number of carbonyl (C=O) groups is 1. The van der Waals surface area contributed by atoms with Gasteiger partial charge in [0.05, 0.1) is 0 Å². The molecule has 104 valence electrons. The summed E-state index contributed by atoms with van der Waals surface area (Å²) >= 11 is 0. The number of hydrogen-bond acceptors (Lipinski definition) is 3. The van der Waals surface area contributed by atoms with Gasteiger partial charge in [-0.25, -0.2) is 0 Å². The summed E-state index contributed by atoms with van der Waals surface area (Å²) in [5.41, 5.74) is 1.19. The molecule has 0 saturated heterocycles. The normalized spacial score (nSPS) is 10.2. The van der Waals surface area contributed by atoms with Gasteiger partial charge in [0.15, 0.2) is 0 Å². The Bertz CT molecular complexity index is 390. The largest absolute Gasteiger partial charge is 0.316 e. The number of rotatable bonds is 8. The van der Waals surface area contributed by atoms with Crippen LogP contribution in [-0.4, -0.2) is 24.8 Å². The van der Waals surface area contributed by atoms with Gasteiger partial charge in [-0.05, 0) is 24.9 Å². The fourth-order valence-electron chi connectivity index (χ4n) is 1.71. The molecule has 0 aliphatic heterocycles. The predicted octanol–water partition coefficient (Wildman–Crippen LogP) is 2.10. The summed E-state index contributed by atoms with van der Waals surface area (Å²) in [6, 6.07) is 10.0. The molecule has 1 amide bonds. The fourth-order valence-corrected chi connectivity index (χ4v) is 1.71. The van der Waals surface area contributed by atoms with Crippen LogP contribution in [0.1, 0.15) is 31.7 Å². The van der Waals surface area contributed by atoms with Crippen LogP contribution in [0.25, 0.3) is 0 Å². The van der Waals surface area contributed by atoms with Crippen LogP contribution < -0.4 is 10.6 Å². The molecule has 0 aromatic heterocycles. The molecule has 1 aromatic rings. The highest BCUT2D eigenvalue weighted by molar-refractivity contribution is 5.96. The van der Waals surface area contributed by atoms with E-state index in [1.807, 2.05) is 30.3 Å². The Morgan fingerprint density at radius 2 is 1.89 bits per heavy atom. The Balaban J connectivity index is 2.15. The minimum absolute atomic E-state index is 0.0818. The Kier molecular flexibility index (Phi) is 7.51. The zero-order chi connectivity index (χ0) is 13.9. The molecule has 4 nitrogen and oxygen atoms in total. The van der Waals surface area contributed by atoms with Gasteiger partial charge in [0.1, 0.15) is 5.84 Å². The van der Waals surface area contributed by atoms with Crippen molar-refractivity contribution < 1.29 is 4.79 Å². The van der Waals surface area contributed by atoms with E-state index in [0.29, 0.717) is 25.2 Å². The van der Waals surface area contributed by atoms with Crippen molar-refractivity contribution in [1.82, 2.24) is 10.6 Å². The average molecular weight is 261 g/mol. The molecule has 3 N–H and O–H groups in total. The highest BCUT2D eigenvalue weighted by Crippen LogP contribution is 2.02. The van der Waals surface area contributed by atoms with Crippen LogP contribution in [0.5, 0.6) is 0 Å². The van der Waals surface area contributed by atoms with E-state index in [9.17, 15) is 4.79 Å². The lowest BCUT2D eigenvalue weighted by atomic mass is 10.1. The maximum Gasteiger partial charge on any atom is 0.226 e. The molecule has 1 rings (SSSR count). The van der Waals surface area contributed by atoms with Gasteiger partial charge in [-0.2, -0.15) is 0 Å². The molecule has 19 heavy (non-hydrogen) atoms. The summed E-state index contributed by atoms with van der Waals surface area (Å²) < 4.78 is 0. The summed E-state index contributed by atoms with van der Waals surface area (Å²) in [7, 11) is 0. The first-order valence-corrected chi connectivity index (χ1v) is 6.84. The van der Waals surface area contributed by atoms with Crippen molar-refractivity contribution in [1.29, 1.82) is 5.41 Å². The summed E-state index contributed by atoms with van der Waals surface area (Å²) in [6.45, 7) is 3.69. The van der Waals surface area contributed by atoms with Gasteiger partial charge < -0.3 is 10.6 Å². The van der Waals surface area contributed by atoms with Gasteiger partial charge in [-0.3, -0.25) is 10.2 Å². The van der Waals surface area contributed by atoms with Crippen molar-refractivity contribution in [3.63, 3.8) is 0 Å². The smallest absolute Gasteiger partial charge is 0.226 e. The summed E-state index contributed by atoms with van der Waals surface area (Å²) in [6.07, 6.45) is 2.84. The lowest BCUT2D eigenvalue weighted by Gasteiger charge is -2.07. The Hall–Kier alpha value is -1.68. The monoisotopic (exact) mass is 261 g/mol. The molecule has 0 heterocycles. The van der Waals surface area contributed by atoms with E-state index in [1.54, 1.807) is 0 Å². The second kappa shape index (κ2) is 9.28. The van der Waals surface area contributed by atoms with E-state index >= 15 is 0 Å². The highest BCUT2D eigenvalue weighted by Gasteiger charge is 2.04. The van der Waals surface area contributed by atoms with Crippen molar-refractivity contribution in [2.75, 3.05) is 13.1 Å². The number of aryl methyl sites for hydroxylation is 1. The minimum Gasteiger partial charge on any atom is -0.316 e. The molecular formula is C15H23N3O. The average Bonchev–Trinajstić information content (AvgIpc) is 2.42. The second-order valence-electron chi connectivity index (χ2n) is 4.51. The molecule has 0 bridgehead atoms. The predicted molar refractivity (Wildman–Crippen MR) is 78.4 cm³/mol. The van der Waals surface area contributed by atoms with E-state index in [0.717, 1.165) is 19.4 Å². The number of benzene rings is 1. The molecule has 0 spiro atoms. The van der Waals surface area contributed by atoms with Crippen LogP contribution in [-0.2, 0) is 11.2 Å². The standard InChI is InChI=1S/C15H23N3O/c1-2-11-17-12-10-15(19)18-14(16)9-8-13-6-4-3-5-7-13/h3-7,17H,2,8-12H2,1H3,(H2,16,18,19). The van der Waals surface area contributed by atoms with Crippen LogP contribution in [0.2, 0.25) is 0 Å². The summed E-state index contributed by atoms with van der Waals surface area (Å²) in [5, 5.41) is 13.5. The maximum absolute atomic E-state index is 11.5. The quantitative estimate of drug-likeness (QED) is 0.381. The van der Waals surface area contributed by atoms with Crippen molar-refractivity contribution >= 4 is 11.7 Å². The Labute approximate surface area is 115 Å². The zero-order valence-corrected chi connectivity index (χ0v) is 11.5. The molecule has 4 heteroatoms. The van der Waals surface area contributed by atoms with Gasteiger partial charge in [-0.1, -0.05) is 37.3 Å². The fraction of sp³-hybridized carbons (Fsp3) is 0.467. The summed E-state index contributed by atoms with van der Waals surface area (Å²) in [5.74, 6) is 0.214. The molecule has 0 atom stereocenters. The Morgan fingerprint density at radius 1 is 1.16 bits per heavy atom. The summed E-state index contributed by atoms with van der Waals surface area (Å²) in [4.78, 5) is 11.5. The Morgan fingerprint density at radius 3 is 2.58 bits per heavy atom. The first kappa shape index (κ1) is 15.4. The molecule has 0 radical (unpaired) electrons. The van der Waals surface area contributed by atoms with Crippen molar-refractivity contribution in [2.45, 2.75) is 32.6 Å². The van der Waals surface area contributed by atoms with Gasteiger partial charge in [0.2, 0.25) is 5.91 Å². The van der Waals surface area contributed by atoms with E-state index < -0.39 is 0 Å². The van der Waals surface area contributed by atoms with Gasteiger partial charge >= 0.3 is 0 Å². The number of hydrogen-bond donors (Lipinski definition) is 3.